The van der Waals surface area contributed by atoms with E-state index in [1.165, 1.54) is 0 Å². The van der Waals surface area contributed by atoms with E-state index in [2.05, 4.69) is 0 Å². The zero-order valence-corrected chi connectivity index (χ0v) is 16.6. The summed E-state index contributed by atoms with van der Waals surface area (Å²) in [5, 5.41) is 21.2. The van der Waals surface area contributed by atoms with E-state index >= 15 is 0 Å². The molecule has 0 aliphatic rings. The molecule has 2 N–H and O–H groups in total. The summed E-state index contributed by atoms with van der Waals surface area (Å²) in [4.78, 5) is 21.2. The van der Waals surface area contributed by atoms with Crippen molar-refractivity contribution >= 4 is 35.0 Å². The molecule has 2 rings (SSSR count). The van der Waals surface area contributed by atoms with E-state index in [1.807, 2.05) is 74.5 Å². The van der Waals surface area contributed by atoms with E-state index < -0.39 is 23.8 Å². The van der Waals surface area contributed by atoms with Gasteiger partial charge in [-0.15, -0.1) is 0 Å². The molecule has 2 unspecified atom stereocenters. The van der Waals surface area contributed by atoms with Crippen molar-refractivity contribution in [2.24, 2.45) is 0 Å². The van der Waals surface area contributed by atoms with Crippen molar-refractivity contribution in [3.63, 3.8) is 0 Å². The summed E-state index contributed by atoms with van der Waals surface area (Å²) in [6, 6.07) is 18.3. The maximum atomic E-state index is 10.6. The van der Waals surface area contributed by atoms with Crippen molar-refractivity contribution < 1.29 is 25.3 Å². The fraction of sp³-hybridized carbons (Fsp3) is 0.300. The minimum atomic E-state index is -0.997. The number of hydrogen-bond acceptors (Lipinski definition) is 4. The molecular formula is C20H24MgO5. The third kappa shape index (κ3) is 8.47. The van der Waals surface area contributed by atoms with Crippen LogP contribution in [-0.2, 0) is 9.59 Å². The first kappa shape index (κ1) is 26.3. The van der Waals surface area contributed by atoms with Gasteiger partial charge in [0.2, 0.25) is 0 Å². The molecule has 2 aromatic carbocycles. The van der Waals surface area contributed by atoms with E-state index in [0.29, 0.717) is 12.8 Å². The predicted molar refractivity (Wildman–Crippen MR) is 98.3 cm³/mol. The molecule has 0 heterocycles. The fourth-order valence-corrected chi connectivity index (χ4v) is 2.45. The molecule has 0 saturated heterocycles. The molecule has 0 fully saturated rings. The first-order valence-corrected chi connectivity index (χ1v) is 8.02. The molecule has 6 heteroatoms. The predicted octanol–water partition coefficient (Wildman–Crippen LogP) is 0.655. The van der Waals surface area contributed by atoms with Crippen LogP contribution >= 0.6 is 0 Å². The van der Waals surface area contributed by atoms with Gasteiger partial charge in [0.05, 0.1) is 0 Å². The van der Waals surface area contributed by atoms with Crippen LogP contribution in [0.5, 0.6) is 0 Å². The zero-order chi connectivity index (χ0) is 17.9. The second kappa shape index (κ2) is 14.3. The molecule has 136 valence electrons. The van der Waals surface area contributed by atoms with Crippen LogP contribution in [0.15, 0.2) is 60.7 Å². The van der Waals surface area contributed by atoms with Crippen molar-refractivity contribution in [2.45, 2.75) is 38.5 Å². The quantitative estimate of drug-likeness (QED) is 0.697. The Morgan fingerprint density at radius 1 is 0.731 bits per heavy atom. The van der Waals surface area contributed by atoms with Crippen LogP contribution in [0, 0.1) is 0 Å². The molecule has 0 aliphatic carbocycles. The summed E-state index contributed by atoms with van der Waals surface area (Å²) >= 11 is 0. The average molecular weight is 369 g/mol. The Balaban J connectivity index is 0. The third-order valence-electron chi connectivity index (χ3n) is 3.79. The second-order valence-electron chi connectivity index (χ2n) is 5.38. The largest absolute Gasteiger partial charge is 2.00 e. The number of hydrogen-bond donors (Lipinski definition) is 0. The van der Waals surface area contributed by atoms with Crippen molar-refractivity contribution in [2.75, 3.05) is 0 Å². The van der Waals surface area contributed by atoms with Gasteiger partial charge in [0, 0.05) is 23.8 Å². The van der Waals surface area contributed by atoms with E-state index in [9.17, 15) is 19.8 Å². The van der Waals surface area contributed by atoms with Crippen molar-refractivity contribution in [3.05, 3.63) is 71.8 Å². The van der Waals surface area contributed by atoms with Crippen molar-refractivity contribution in [3.8, 4) is 0 Å². The minimum Gasteiger partial charge on any atom is -0.549 e. The Bertz CT molecular complexity index is 574. The number of rotatable bonds is 6. The van der Waals surface area contributed by atoms with Gasteiger partial charge in [-0.05, 0) is 24.0 Å². The van der Waals surface area contributed by atoms with Crippen LogP contribution in [0.25, 0.3) is 0 Å². The SMILES string of the molecule is CCC(C(=O)[O-])c1ccccc1.CCC(C(=O)[O-])c1ccccc1.O.[Mg+2]. The molecule has 0 bridgehead atoms. The van der Waals surface area contributed by atoms with Crippen molar-refractivity contribution in [1.82, 2.24) is 0 Å². The zero-order valence-electron chi connectivity index (χ0n) is 15.2. The van der Waals surface area contributed by atoms with Gasteiger partial charge in [-0.25, -0.2) is 0 Å². The Hall–Kier alpha value is -1.89. The minimum absolute atomic E-state index is 0. The molecule has 2 aromatic rings. The summed E-state index contributed by atoms with van der Waals surface area (Å²) in [5.41, 5.74) is 1.64. The number of carboxylic acid groups (broad SMARTS) is 2. The Kier molecular flexibility index (Phi) is 14.5. The Morgan fingerprint density at radius 2 is 1.00 bits per heavy atom. The summed E-state index contributed by atoms with van der Waals surface area (Å²) in [5.74, 6) is -2.93. The molecule has 0 aromatic heterocycles. The van der Waals surface area contributed by atoms with Crippen LogP contribution in [-0.4, -0.2) is 40.5 Å². The molecular weight excluding hydrogens is 345 g/mol. The van der Waals surface area contributed by atoms with E-state index in [0.717, 1.165) is 11.1 Å². The van der Waals surface area contributed by atoms with Gasteiger partial charge in [-0.3, -0.25) is 0 Å². The van der Waals surface area contributed by atoms with Gasteiger partial charge >= 0.3 is 23.1 Å². The monoisotopic (exact) mass is 368 g/mol. The van der Waals surface area contributed by atoms with E-state index in [4.69, 9.17) is 0 Å². The van der Waals surface area contributed by atoms with Gasteiger partial charge in [-0.2, -0.15) is 0 Å². The second-order valence-corrected chi connectivity index (χ2v) is 5.38. The van der Waals surface area contributed by atoms with Crippen LogP contribution in [0.1, 0.15) is 49.7 Å². The van der Waals surface area contributed by atoms with Gasteiger partial charge in [0.25, 0.3) is 0 Å². The average Bonchev–Trinajstić information content (AvgIpc) is 2.58. The van der Waals surface area contributed by atoms with Crippen LogP contribution in [0.2, 0.25) is 0 Å². The van der Waals surface area contributed by atoms with Crippen LogP contribution < -0.4 is 10.2 Å². The molecule has 0 spiro atoms. The molecule has 5 nitrogen and oxygen atoms in total. The summed E-state index contributed by atoms with van der Waals surface area (Å²) in [7, 11) is 0. The third-order valence-corrected chi connectivity index (χ3v) is 3.79. The van der Waals surface area contributed by atoms with Crippen molar-refractivity contribution in [1.29, 1.82) is 0 Å². The van der Waals surface area contributed by atoms with E-state index in [-0.39, 0.29) is 28.5 Å². The molecule has 0 amide bonds. The number of aliphatic carboxylic acids is 2. The number of benzene rings is 2. The number of carbonyl (C=O) groups excluding carboxylic acids is 2. The van der Waals surface area contributed by atoms with Gasteiger partial charge in [-0.1, -0.05) is 74.5 Å². The van der Waals surface area contributed by atoms with Gasteiger partial charge in [0.15, 0.2) is 0 Å². The molecule has 0 radical (unpaired) electrons. The van der Waals surface area contributed by atoms with Crippen LogP contribution in [0.4, 0.5) is 0 Å². The maximum Gasteiger partial charge on any atom is 2.00 e. The summed E-state index contributed by atoms with van der Waals surface area (Å²) in [6.45, 7) is 3.68. The molecule has 2 atom stereocenters. The fourth-order valence-electron chi connectivity index (χ4n) is 2.45. The first-order chi connectivity index (χ1) is 11.5. The van der Waals surface area contributed by atoms with Crippen LogP contribution in [0.3, 0.4) is 0 Å². The number of carbonyl (C=O) groups is 2. The van der Waals surface area contributed by atoms with E-state index in [1.54, 1.807) is 0 Å². The smallest absolute Gasteiger partial charge is 0.549 e. The summed E-state index contributed by atoms with van der Waals surface area (Å²) < 4.78 is 0. The molecule has 0 aliphatic heterocycles. The Morgan fingerprint density at radius 3 is 1.19 bits per heavy atom. The van der Waals surface area contributed by atoms with Gasteiger partial charge in [0.1, 0.15) is 0 Å². The first-order valence-electron chi connectivity index (χ1n) is 8.02. The Labute approximate surface area is 170 Å². The standard InChI is InChI=1S/2C10H12O2.Mg.H2O/c2*1-2-9(10(11)12)8-6-4-3-5-7-8;;/h2*3-7,9H,2H2,1H3,(H,11,12);;1H2/q;;+2;/p-2. The number of carboxylic acids is 2. The normalized spacial score (nSPS) is 11.5. The maximum absolute atomic E-state index is 10.6. The van der Waals surface area contributed by atoms with Gasteiger partial charge < -0.3 is 25.3 Å². The topological polar surface area (TPSA) is 112 Å². The molecule has 26 heavy (non-hydrogen) atoms. The molecule has 0 saturated carbocycles. The summed E-state index contributed by atoms with van der Waals surface area (Å²) in [6.07, 6.45) is 1.15.